The van der Waals surface area contributed by atoms with Crippen LogP contribution in [-0.4, -0.2) is 18.0 Å². The van der Waals surface area contributed by atoms with E-state index in [0.29, 0.717) is 5.92 Å². The molecule has 0 aliphatic heterocycles. The molecular formula is C34H32IrN2OSi-2. The summed E-state index contributed by atoms with van der Waals surface area (Å²) in [6.45, 7) is 11.4. The van der Waals surface area contributed by atoms with Crippen molar-refractivity contribution in [1.82, 2.24) is 9.97 Å². The first-order valence-corrected chi connectivity index (χ1v) is 16.5. The standard InChI is InChI=1S/C20H18NOSi.C14H14N.Ir/c1-23(2,3)14-10-11-15-16-7-6-8-17(18-9-4-5-12-21-18)20(16)22-19(15)13-14;1-11(2)13-8-9-15-14(10-13)12-6-4-3-5-7-12;/h4-7,9-13H,1-3H3;3-6,8-11H,1-2H3;/q2*-1;. The topological polar surface area (TPSA) is 38.9 Å². The van der Waals surface area contributed by atoms with Crippen LogP contribution in [0, 0.1) is 12.1 Å². The van der Waals surface area contributed by atoms with Crippen LogP contribution in [0.5, 0.6) is 0 Å². The van der Waals surface area contributed by atoms with E-state index in [-0.39, 0.29) is 20.1 Å². The molecule has 0 saturated heterocycles. The zero-order valence-corrected chi connectivity index (χ0v) is 26.3. The molecular weight excluding hydrogens is 673 g/mol. The van der Waals surface area contributed by atoms with E-state index in [1.807, 2.05) is 54.7 Å². The third-order valence-corrected chi connectivity index (χ3v) is 8.70. The Morgan fingerprint density at radius 1 is 0.744 bits per heavy atom. The fourth-order valence-electron chi connectivity index (χ4n) is 4.41. The van der Waals surface area contributed by atoms with Gasteiger partial charge in [0.2, 0.25) is 0 Å². The fraction of sp³-hybridized carbons (Fsp3) is 0.176. The number of furan rings is 1. The van der Waals surface area contributed by atoms with Gasteiger partial charge in [-0.05, 0) is 35.5 Å². The Bertz CT molecular complexity index is 1670. The SMILES string of the molecule is CC(C)c1ccnc(-c2[c-]cccc2)c1.C[Si](C)(C)c1ccc2c(c1)oc1c(-c3ccccn3)[c-]ccc12.[Ir]. The first-order valence-electron chi connectivity index (χ1n) is 13.0. The molecule has 0 atom stereocenters. The van der Waals surface area contributed by atoms with Gasteiger partial charge in [0, 0.05) is 37.9 Å². The van der Waals surface area contributed by atoms with E-state index in [1.165, 1.54) is 10.8 Å². The van der Waals surface area contributed by atoms with Crippen molar-refractivity contribution in [3.05, 3.63) is 115 Å². The van der Waals surface area contributed by atoms with Crippen LogP contribution in [0.1, 0.15) is 25.3 Å². The molecule has 0 unspecified atom stereocenters. The van der Waals surface area contributed by atoms with Crippen LogP contribution >= 0.6 is 0 Å². The summed E-state index contributed by atoms with van der Waals surface area (Å²) >= 11 is 0. The number of hydrogen-bond acceptors (Lipinski definition) is 3. The van der Waals surface area contributed by atoms with Gasteiger partial charge in [-0.1, -0.05) is 85.5 Å². The van der Waals surface area contributed by atoms with Gasteiger partial charge in [0.05, 0.1) is 13.7 Å². The Morgan fingerprint density at radius 3 is 2.23 bits per heavy atom. The van der Waals surface area contributed by atoms with Crippen molar-refractivity contribution in [2.45, 2.75) is 39.4 Å². The molecule has 6 rings (SSSR count). The van der Waals surface area contributed by atoms with E-state index in [0.717, 1.165) is 44.5 Å². The number of fused-ring (bicyclic) bond motifs is 3. The molecule has 0 spiro atoms. The molecule has 39 heavy (non-hydrogen) atoms. The van der Waals surface area contributed by atoms with Crippen LogP contribution in [0.4, 0.5) is 0 Å². The zero-order chi connectivity index (χ0) is 26.7. The van der Waals surface area contributed by atoms with E-state index in [2.05, 4.69) is 92.0 Å². The van der Waals surface area contributed by atoms with Gasteiger partial charge in [0.15, 0.2) is 0 Å². The molecule has 3 nitrogen and oxygen atoms in total. The van der Waals surface area contributed by atoms with E-state index in [9.17, 15) is 0 Å². The van der Waals surface area contributed by atoms with Crippen molar-refractivity contribution in [3.8, 4) is 22.5 Å². The molecule has 0 bridgehead atoms. The molecule has 0 N–H and O–H groups in total. The molecule has 199 valence electrons. The van der Waals surface area contributed by atoms with E-state index in [1.54, 1.807) is 6.20 Å². The first-order chi connectivity index (χ1) is 18.3. The summed E-state index contributed by atoms with van der Waals surface area (Å²) in [6, 6.07) is 35.2. The smallest absolute Gasteiger partial charge is 0.120 e. The van der Waals surface area contributed by atoms with E-state index >= 15 is 0 Å². The van der Waals surface area contributed by atoms with Crippen molar-refractivity contribution >= 4 is 35.2 Å². The third-order valence-electron chi connectivity index (χ3n) is 6.66. The van der Waals surface area contributed by atoms with Gasteiger partial charge < -0.3 is 14.4 Å². The fourth-order valence-corrected chi connectivity index (χ4v) is 5.56. The number of benzene rings is 3. The summed E-state index contributed by atoms with van der Waals surface area (Å²) < 4.78 is 6.22. The number of rotatable bonds is 4. The predicted molar refractivity (Wildman–Crippen MR) is 161 cm³/mol. The molecule has 0 amide bonds. The Kier molecular flexibility index (Phi) is 8.96. The summed E-state index contributed by atoms with van der Waals surface area (Å²) in [5.74, 6) is 0.537. The molecule has 3 aromatic heterocycles. The van der Waals surface area contributed by atoms with Crippen LogP contribution in [-0.2, 0) is 20.1 Å². The minimum absolute atomic E-state index is 0. The average molecular weight is 705 g/mol. The van der Waals surface area contributed by atoms with Crippen molar-refractivity contribution in [2.75, 3.05) is 0 Å². The predicted octanol–water partition coefficient (Wildman–Crippen LogP) is 8.66. The van der Waals surface area contributed by atoms with Gasteiger partial charge >= 0.3 is 0 Å². The molecule has 0 fully saturated rings. The van der Waals surface area contributed by atoms with Crippen LogP contribution in [0.15, 0.2) is 102 Å². The van der Waals surface area contributed by atoms with Crippen molar-refractivity contribution < 1.29 is 24.5 Å². The number of aromatic nitrogens is 2. The number of nitrogens with zero attached hydrogens (tertiary/aromatic N) is 2. The number of hydrogen-bond donors (Lipinski definition) is 0. The second-order valence-electron chi connectivity index (χ2n) is 10.8. The van der Waals surface area contributed by atoms with Gasteiger partial charge in [-0.3, -0.25) is 0 Å². The molecule has 3 aromatic carbocycles. The van der Waals surface area contributed by atoms with Gasteiger partial charge in [0.25, 0.3) is 0 Å². The Balaban J connectivity index is 0.000000192. The zero-order valence-electron chi connectivity index (χ0n) is 23.0. The molecule has 0 aliphatic carbocycles. The summed E-state index contributed by atoms with van der Waals surface area (Å²) in [6.07, 6.45) is 3.67. The third kappa shape index (κ3) is 6.44. The van der Waals surface area contributed by atoms with Crippen molar-refractivity contribution in [3.63, 3.8) is 0 Å². The van der Waals surface area contributed by atoms with Gasteiger partial charge in [-0.25, -0.2) is 0 Å². The summed E-state index contributed by atoms with van der Waals surface area (Å²) in [5.41, 5.74) is 7.01. The largest absolute Gasteiger partial charge is 0.501 e. The normalized spacial score (nSPS) is 11.2. The summed E-state index contributed by atoms with van der Waals surface area (Å²) in [4.78, 5) is 8.80. The van der Waals surface area contributed by atoms with Crippen molar-refractivity contribution in [2.24, 2.45) is 0 Å². The van der Waals surface area contributed by atoms with E-state index < -0.39 is 8.07 Å². The summed E-state index contributed by atoms with van der Waals surface area (Å²) in [5, 5.41) is 3.70. The van der Waals surface area contributed by atoms with Crippen LogP contribution in [0.2, 0.25) is 19.6 Å². The van der Waals surface area contributed by atoms with Gasteiger partial charge in [-0.15, -0.1) is 54.1 Å². The van der Waals surface area contributed by atoms with Crippen LogP contribution in [0.25, 0.3) is 44.5 Å². The van der Waals surface area contributed by atoms with Gasteiger partial charge in [0.1, 0.15) is 5.58 Å². The van der Waals surface area contributed by atoms with Gasteiger partial charge in [-0.2, -0.15) is 0 Å². The quantitative estimate of drug-likeness (QED) is 0.136. The minimum atomic E-state index is -1.36. The number of pyridine rings is 2. The maximum atomic E-state index is 6.22. The van der Waals surface area contributed by atoms with E-state index in [4.69, 9.17) is 4.42 Å². The molecule has 1 radical (unpaired) electrons. The van der Waals surface area contributed by atoms with Crippen LogP contribution < -0.4 is 5.19 Å². The minimum Gasteiger partial charge on any atom is -0.501 e. The Hall–Kier alpha value is -3.37. The molecule has 0 saturated carbocycles. The summed E-state index contributed by atoms with van der Waals surface area (Å²) in [7, 11) is -1.36. The van der Waals surface area contributed by atoms with Crippen molar-refractivity contribution in [1.29, 1.82) is 0 Å². The second kappa shape index (κ2) is 12.2. The molecule has 0 aliphatic rings. The Labute approximate surface area is 245 Å². The first kappa shape index (κ1) is 28.6. The maximum Gasteiger partial charge on any atom is 0.120 e. The Morgan fingerprint density at radius 2 is 1.54 bits per heavy atom. The second-order valence-corrected chi connectivity index (χ2v) is 15.9. The molecule has 6 aromatic rings. The molecule has 3 heterocycles. The van der Waals surface area contributed by atoms with Crippen LogP contribution in [0.3, 0.4) is 0 Å². The average Bonchev–Trinajstić information content (AvgIpc) is 3.32. The molecule has 5 heteroatoms. The monoisotopic (exact) mass is 705 g/mol. The maximum absolute atomic E-state index is 6.22.